The molecule has 1 aliphatic rings. The highest BCUT2D eigenvalue weighted by Crippen LogP contribution is 2.23. The highest BCUT2D eigenvalue weighted by atomic mass is 14.9. The fourth-order valence-corrected chi connectivity index (χ4v) is 1.52. The van der Waals surface area contributed by atoms with Crippen molar-refractivity contribution in [2.45, 2.75) is 19.4 Å². The Bertz CT molecular complexity index is 273. The van der Waals surface area contributed by atoms with Gasteiger partial charge in [-0.2, -0.15) is 0 Å². The molecule has 0 saturated carbocycles. The molecule has 1 aromatic rings. The molecule has 11 heavy (non-hydrogen) atoms. The third-order valence-electron chi connectivity index (χ3n) is 2.14. The Balaban J connectivity index is 2.41. The lowest BCUT2D eigenvalue weighted by Crippen LogP contribution is -2.17. The molecule has 0 aliphatic carbocycles. The molecule has 0 fully saturated rings. The maximum atomic E-state index is 3.31. The molecule has 0 aromatic carbocycles. The van der Waals surface area contributed by atoms with Gasteiger partial charge in [0.2, 0.25) is 0 Å². The number of aromatic amines is 1. The minimum atomic E-state index is 0.501. The Labute approximate surface area is 66.3 Å². The lowest BCUT2D eigenvalue weighted by Gasteiger charge is -2.18. The Morgan fingerprint density at radius 2 is 2.45 bits per heavy atom. The summed E-state index contributed by atoms with van der Waals surface area (Å²) < 4.78 is 0. The quantitative estimate of drug-likeness (QED) is 0.626. The predicted molar refractivity (Wildman–Crippen MR) is 46.0 cm³/mol. The molecular weight excluding hydrogens is 136 g/mol. The lowest BCUT2D eigenvalue weighted by molar-refractivity contribution is 0.597. The third-order valence-corrected chi connectivity index (χ3v) is 2.14. The number of nitrogens with one attached hydrogen (secondary N) is 2. The van der Waals surface area contributed by atoms with E-state index in [4.69, 9.17) is 0 Å². The first kappa shape index (κ1) is 6.53. The Morgan fingerprint density at radius 3 is 3.27 bits per heavy atom. The molecule has 2 nitrogen and oxygen atoms in total. The molecule has 1 atom stereocenters. The minimum absolute atomic E-state index is 0.501. The zero-order valence-electron chi connectivity index (χ0n) is 6.59. The average molecular weight is 148 g/mol. The van der Waals surface area contributed by atoms with Crippen LogP contribution in [0.15, 0.2) is 18.5 Å². The van der Waals surface area contributed by atoms with Crippen LogP contribution in [0.3, 0.4) is 0 Å². The Kier molecular flexibility index (Phi) is 1.46. The second-order valence-electron chi connectivity index (χ2n) is 2.81. The van der Waals surface area contributed by atoms with Crippen LogP contribution < -0.4 is 5.32 Å². The number of rotatable bonds is 1. The van der Waals surface area contributed by atoms with Gasteiger partial charge in [-0.15, -0.1) is 0 Å². The number of aromatic nitrogens is 1. The van der Waals surface area contributed by atoms with Crippen molar-refractivity contribution in [3.8, 4) is 0 Å². The Morgan fingerprint density at radius 1 is 1.55 bits per heavy atom. The van der Waals surface area contributed by atoms with Crippen molar-refractivity contribution in [3.63, 3.8) is 0 Å². The Hall–Kier alpha value is -1.18. The lowest BCUT2D eigenvalue weighted by atomic mass is 10.0. The van der Waals surface area contributed by atoms with Gasteiger partial charge in [0.1, 0.15) is 0 Å². The molecule has 2 heterocycles. The second kappa shape index (κ2) is 2.46. The number of hydrogen-bond acceptors (Lipinski definition) is 1. The molecule has 0 amide bonds. The topological polar surface area (TPSA) is 27.8 Å². The smallest absolute Gasteiger partial charge is 0.0526 e. The fourth-order valence-electron chi connectivity index (χ4n) is 1.52. The summed E-state index contributed by atoms with van der Waals surface area (Å²) in [6.07, 6.45) is 7.20. The van der Waals surface area contributed by atoms with E-state index < -0.39 is 0 Å². The van der Waals surface area contributed by atoms with Crippen LogP contribution in [-0.2, 0) is 0 Å². The van der Waals surface area contributed by atoms with E-state index in [0.717, 1.165) is 6.42 Å². The molecule has 0 radical (unpaired) electrons. The van der Waals surface area contributed by atoms with E-state index in [9.17, 15) is 0 Å². The monoisotopic (exact) mass is 148 g/mol. The van der Waals surface area contributed by atoms with Crippen LogP contribution in [-0.4, -0.2) is 4.98 Å². The highest BCUT2D eigenvalue weighted by Gasteiger charge is 2.14. The maximum absolute atomic E-state index is 3.31. The van der Waals surface area contributed by atoms with Gasteiger partial charge in [0.15, 0.2) is 0 Å². The minimum Gasteiger partial charge on any atom is -0.384 e. The largest absolute Gasteiger partial charge is 0.384 e. The molecule has 2 heteroatoms. The van der Waals surface area contributed by atoms with E-state index in [1.807, 2.05) is 12.4 Å². The van der Waals surface area contributed by atoms with E-state index in [1.54, 1.807) is 0 Å². The van der Waals surface area contributed by atoms with E-state index >= 15 is 0 Å². The van der Waals surface area contributed by atoms with E-state index in [1.165, 1.54) is 11.3 Å². The molecule has 1 unspecified atom stereocenters. The molecular formula is C9H12N2. The van der Waals surface area contributed by atoms with Gasteiger partial charge in [0.05, 0.1) is 6.04 Å². The third kappa shape index (κ3) is 0.946. The van der Waals surface area contributed by atoms with Gasteiger partial charge >= 0.3 is 0 Å². The summed E-state index contributed by atoms with van der Waals surface area (Å²) in [6, 6.07) is 2.64. The summed E-state index contributed by atoms with van der Waals surface area (Å²) in [4.78, 5) is 3.20. The standard InChI is InChI=1S/C9H12N2/c1-2-8-7-3-5-11-9(7)4-6-10-8/h3-6,8,10-11H,2H2,1H3. The highest BCUT2D eigenvalue weighted by molar-refractivity contribution is 5.53. The van der Waals surface area contributed by atoms with Crippen molar-refractivity contribution in [2.75, 3.05) is 0 Å². The predicted octanol–water partition coefficient (Wildman–Crippen LogP) is 2.04. The van der Waals surface area contributed by atoms with Gasteiger partial charge in [-0.25, -0.2) is 0 Å². The van der Waals surface area contributed by atoms with Crippen LogP contribution >= 0.6 is 0 Å². The summed E-state index contributed by atoms with van der Waals surface area (Å²) in [5, 5.41) is 3.31. The number of hydrogen-bond donors (Lipinski definition) is 2. The van der Waals surface area contributed by atoms with Gasteiger partial charge in [0, 0.05) is 11.9 Å². The molecule has 1 aliphatic heterocycles. The van der Waals surface area contributed by atoms with Gasteiger partial charge in [-0.05, 0) is 30.3 Å². The summed E-state index contributed by atoms with van der Waals surface area (Å²) >= 11 is 0. The molecule has 0 bridgehead atoms. The van der Waals surface area contributed by atoms with Crippen molar-refractivity contribution in [3.05, 3.63) is 29.7 Å². The van der Waals surface area contributed by atoms with Crippen molar-refractivity contribution >= 4 is 6.08 Å². The molecule has 0 saturated heterocycles. The first-order valence-corrected chi connectivity index (χ1v) is 4.01. The van der Waals surface area contributed by atoms with E-state index in [2.05, 4.69) is 29.4 Å². The first-order chi connectivity index (χ1) is 5.42. The number of H-pyrrole nitrogens is 1. The van der Waals surface area contributed by atoms with E-state index in [-0.39, 0.29) is 0 Å². The van der Waals surface area contributed by atoms with Crippen LogP contribution in [0.1, 0.15) is 30.6 Å². The molecule has 2 rings (SSSR count). The normalized spacial score (nSPS) is 21.0. The second-order valence-corrected chi connectivity index (χ2v) is 2.81. The maximum Gasteiger partial charge on any atom is 0.0526 e. The van der Waals surface area contributed by atoms with Crippen LogP contribution in [0, 0.1) is 0 Å². The zero-order valence-corrected chi connectivity index (χ0v) is 6.59. The first-order valence-electron chi connectivity index (χ1n) is 4.01. The SMILES string of the molecule is CCC1NC=Cc2[nH]ccc21. The van der Waals surface area contributed by atoms with E-state index in [0.29, 0.717) is 6.04 Å². The zero-order chi connectivity index (χ0) is 7.68. The van der Waals surface area contributed by atoms with Crippen molar-refractivity contribution < 1.29 is 0 Å². The molecule has 2 N–H and O–H groups in total. The van der Waals surface area contributed by atoms with Gasteiger partial charge in [-0.1, -0.05) is 6.92 Å². The van der Waals surface area contributed by atoms with Gasteiger partial charge in [0.25, 0.3) is 0 Å². The van der Waals surface area contributed by atoms with Crippen LogP contribution in [0.25, 0.3) is 6.08 Å². The van der Waals surface area contributed by atoms with Crippen LogP contribution in [0.5, 0.6) is 0 Å². The molecule has 1 aromatic heterocycles. The van der Waals surface area contributed by atoms with Crippen LogP contribution in [0.4, 0.5) is 0 Å². The van der Waals surface area contributed by atoms with Crippen molar-refractivity contribution in [1.82, 2.24) is 10.3 Å². The average Bonchev–Trinajstić information content (AvgIpc) is 2.50. The van der Waals surface area contributed by atoms with Crippen molar-refractivity contribution in [1.29, 1.82) is 0 Å². The molecule has 0 spiro atoms. The number of fused-ring (bicyclic) bond motifs is 1. The molecule has 58 valence electrons. The summed E-state index contributed by atoms with van der Waals surface area (Å²) in [5.74, 6) is 0. The summed E-state index contributed by atoms with van der Waals surface area (Å²) in [7, 11) is 0. The van der Waals surface area contributed by atoms with Crippen molar-refractivity contribution in [2.24, 2.45) is 0 Å². The van der Waals surface area contributed by atoms with Crippen LogP contribution in [0.2, 0.25) is 0 Å². The summed E-state index contributed by atoms with van der Waals surface area (Å²) in [6.45, 7) is 2.19. The van der Waals surface area contributed by atoms with Gasteiger partial charge < -0.3 is 10.3 Å². The summed E-state index contributed by atoms with van der Waals surface area (Å²) in [5.41, 5.74) is 2.63. The van der Waals surface area contributed by atoms with Gasteiger partial charge in [-0.3, -0.25) is 0 Å². The fraction of sp³-hybridized carbons (Fsp3) is 0.333.